The fraction of sp³-hybridized carbons (Fsp3) is 0.600. The van der Waals surface area contributed by atoms with E-state index in [9.17, 15) is 9.59 Å². The van der Waals surface area contributed by atoms with E-state index in [1.165, 1.54) is 11.3 Å². The quantitative estimate of drug-likeness (QED) is 0.793. The normalized spacial score (nSPS) is 20.2. The van der Waals surface area contributed by atoms with Crippen molar-refractivity contribution in [1.29, 1.82) is 0 Å². The van der Waals surface area contributed by atoms with Crippen molar-refractivity contribution in [3.8, 4) is 0 Å². The van der Waals surface area contributed by atoms with Crippen LogP contribution in [0.1, 0.15) is 68.7 Å². The number of nitrogens with zero attached hydrogens (tertiary/aromatic N) is 5. The van der Waals surface area contributed by atoms with Gasteiger partial charge in [-0.1, -0.05) is 0 Å². The maximum absolute atomic E-state index is 13.0. The summed E-state index contributed by atoms with van der Waals surface area (Å²) < 4.78 is 1.87. The number of rotatable bonds is 3. The van der Waals surface area contributed by atoms with Crippen molar-refractivity contribution in [2.75, 3.05) is 26.2 Å². The minimum absolute atomic E-state index is 0.0678. The molecule has 0 spiro atoms. The zero-order valence-electron chi connectivity index (χ0n) is 16.8. The highest BCUT2D eigenvalue weighted by molar-refractivity contribution is 7.13. The van der Waals surface area contributed by atoms with E-state index in [0.717, 1.165) is 66.7 Å². The summed E-state index contributed by atoms with van der Waals surface area (Å²) in [7, 11) is 0. The van der Waals surface area contributed by atoms with Crippen molar-refractivity contribution >= 4 is 23.2 Å². The molecule has 0 saturated carbocycles. The fourth-order valence-electron chi connectivity index (χ4n) is 4.23. The predicted octanol–water partition coefficient (Wildman–Crippen LogP) is 2.84. The van der Waals surface area contributed by atoms with Crippen LogP contribution in [0.2, 0.25) is 0 Å². The van der Waals surface area contributed by atoms with Crippen LogP contribution >= 0.6 is 11.3 Å². The molecule has 0 radical (unpaired) electrons. The number of amides is 2. The lowest BCUT2D eigenvalue weighted by Gasteiger charge is -2.31. The van der Waals surface area contributed by atoms with E-state index in [1.54, 1.807) is 0 Å². The molecule has 0 aliphatic carbocycles. The van der Waals surface area contributed by atoms with Crippen molar-refractivity contribution in [2.45, 2.75) is 52.5 Å². The van der Waals surface area contributed by atoms with Crippen molar-refractivity contribution in [3.63, 3.8) is 0 Å². The molecule has 4 heterocycles. The van der Waals surface area contributed by atoms with E-state index >= 15 is 0 Å². The Bertz CT molecular complexity index is 903. The molecule has 0 bridgehead atoms. The zero-order valence-corrected chi connectivity index (χ0v) is 17.6. The average molecular weight is 402 g/mol. The van der Waals surface area contributed by atoms with E-state index in [0.29, 0.717) is 12.2 Å². The van der Waals surface area contributed by atoms with Crippen LogP contribution in [0.4, 0.5) is 0 Å². The smallest absolute Gasteiger partial charge is 0.272 e. The van der Waals surface area contributed by atoms with Gasteiger partial charge in [0.25, 0.3) is 11.8 Å². The third-order valence-electron chi connectivity index (χ3n) is 5.71. The van der Waals surface area contributed by atoms with Gasteiger partial charge in [-0.3, -0.25) is 14.3 Å². The van der Waals surface area contributed by atoms with E-state index < -0.39 is 0 Å². The van der Waals surface area contributed by atoms with Gasteiger partial charge >= 0.3 is 0 Å². The van der Waals surface area contributed by atoms with Gasteiger partial charge in [0.2, 0.25) is 0 Å². The summed E-state index contributed by atoms with van der Waals surface area (Å²) in [4.78, 5) is 34.7. The summed E-state index contributed by atoms with van der Waals surface area (Å²) in [6.45, 7) is 9.54. The second-order valence-electron chi connectivity index (χ2n) is 7.65. The molecule has 1 fully saturated rings. The van der Waals surface area contributed by atoms with Crippen LogP contribution < -0.4 is 0 Å². The fourth-order valence-corrected chi connectivity index (χ4v) is 5.12. The highest BCUT2D eigenvalue weighted by atomic mass is 32.1. The molecule has 1 unspecified atom stereocenters. The molecule has 2 amide bonds. The summed E-state index contributed by atoms with van der Waals surface area (Å²) in [5, 5.41) is 5.69. The molecule has 1 saturated heterocycles. The third-order valence-corrected chi connectivity index (χ3v) is 6.77. The predicted molar refractivity (Wildman–Crippen MR) is 108 cm³/mol. The van der Waals surface area contributed by atoms with E-state index in [-0.39, 0.29) is 17.7 Å². The molecule has 0 N–H and O–H groups in total. The first-order chi connectivity index (χ1) is 13.5. The summed E-state index contributed by atoms with van der Waals surface area (Å²) in [6.07, 6.45) is 2.87. The van der Waals surface area contributed by atoms with E-state index in [4.69, 9.17) is 5.10 Å². The van der Waals surface area contributed by atoms with Crippen LogP contribution in [-0.4, -0.2) is 62.6 Å². The first-order valence-electron chi connectivity index (χ1n) is 10.1. The Labute approximate surface area is 169 Å². The first kappa shape index (κ1) is 19.1. The summed E-state index contributed by atoms with van der Waals surface area (Å²) in [6, 6.07) is 1.96. The van der Waals surface area contributed by atoms with Crippen LogP contribution in [0.3, 0.4) is 0 Å². The second kappa shape index (κ2) is 7.66. The lowest BCUT2D eigenvalue weighted by molar-refractivity contribution is 0.0708. The molecule has 7 nitrogen and oxygen atoms in total. The Morgan fingerprint density at radius 3 is 2.79 bits per heavy atom. The number of carbonyl (C=O) groups is 2. The molecular weight excluding hydrogens is 374 g/mol. The van der Waals surface area contributed by atoms with Crippen LogP contribution in [0.25, 0.3) is 0 Å². The summed E-state index contributed by atoms with van der Waals surface area (Å²) in [5.41, 5.74) is 2.44. The Hall–Kier alpha value is -2.22. The number of hydrogen-bond acceptors (Lipinski definition) is 5. The Morgan fingerprint density at radius 1 is 1.25 bits per heavy atom. The van der Waals surface area contributed by atoms with Crippen molar-refractivity contribution < 1.29 is 9.59 Å². The summed E-state index contributed by atoms with van der Waals surface area (Å²) in [5.74, 6) is 0.314. The number of aromatic nitrogens is 3. The monoisotopic (exact) mass is 401 g/mol. The lowest BCUT2D eigenvalue weighted by Crippen LogP contribution is -2.39. The highest BCUT2D eigenvalue weighted by Gasteiger charge is 2.31. The second-order valence-corrected chi connectivity index (χ2v) is 8.86. The third kappa shape index (κ3) is 3.45. The molecule has 2 aromatic rings. The maximum atomic E-state index is 13.0. The summed E-state index contributed by atoms with van der Waals surface area (Å²) >= 11 is 1.47. The number of likely N-dealkylation sites (tertiary alicyclic amines) is 1. The van der Waals surface area contributed by atoms with Crippen molar-refractivity contribution in [1.82, 2.24) is 24.6 Å². The van der Waals surface area contributed by atoms with Crippen LogP contribution in [0, 0.1) is 13.8 Å². The SMILES string of the molecule is CCN1CCCn2nc(C3CCCN(C(=O)c4sc(C)nc4C)C3)cc2C1=O. The minimum atomic E-state index is 0.0678. The molecule has 150 valence electrons. The Balaban J connectivity index is 1.54. The maximum Gasteiger partial charge on any atom is 0.272 e. The largest absolute Gasteiger partial charge is 0.338 e. The van der Waals surface area contributed by atoms with E-state index in [1.807, 2.05) is 41.3 Å². The first-order valence-corrected chi connectivity index (χ1v) is 10.9. The molecule has 0 aromatic carbocycles. The zero-order chi connectivity index (χ0) is 19.8. The standard InChI is InChI=1S/C20H27N5O2S/c1-4-23-9-6-10-25-17(19(23)26)11-16(22-25)15-7-5-8-24(12-15)20(27)18-13(2)21-14(3)28-18/h11,15H,4-10,12H2,1-3H3. The Morgan fingerprint density at radius 2 is 2.07 bits per heavy atom. The number of piperidine rings is 1. The van der Waals surface area contributed by atoms with Gasteiger partial charge in [-0.15, -0.1) is 11.3 Å². The number of fused-ring (bicyclic) bond motifs is 1. The molecule has 28 heavy (non-hydrogen) atoms. The van der Waals surface area contributed by atoms with Gasteiger partial charge in [-0.25, -0.2) is 4.98 Å². The van der Waals surface area contributed by atoms with Crippen LogP contribution in [0.5, 0.6) is 0 Å². The van der Waals surface area contributed by atoms with Gasteiger partial charge in [0.05, 0.1) is 16.4 Å². The topological polar surface area (TPSA) is 71.3 Å². The highest BCUT2D eigenvalue weighted by Crippen LogP contribution is 2.30. The molecular formula is C20H27N5O2S. The van der Waals surface area contributed by atoms with Gasteiger partial charge in [0.1, 0.15) is 10.6 Å². The van der Waals surface area contributed by atoms with Crippen LogP contribution in [0.15, 0.2) is 6.07 Å². The number of thiazole rings is 1. The van der Waals surface area contributed by atoms with Gasteiger partial charge < -0.3 is 9.80 Å². The van der Waals surface area contributed by atoms with Crippen molar-refractivity contribution in [3.05, 3.63) is 33.0 Å². The van der Waals surface area contributed by atoms with Gasteiger partial charge in [-0.2, -0.15) is 5.10 Å². The number of hydrogen-bond donors (Lipinski definition) is 0. The molecule has 1 atom stereocenters. The number of carbonyl (C=O) groups excluding carboxylic acids is 2. The van der Waals surface area contributed by atoms with Gasteiger partial charge in [0, 0.05) is 38.6 Å². The Kier molecular flexibility index (Phi) is 5.23. The average Bonchev–Trinajstić information content (AvgIpc) is 3.23. The van der Waals surface area contributed by atoms with E-state index in [2.05, 4.69) is 4.98 Å². The van der Waals surface area contributed by atoms with Gasteiger partial charge in [0.15, 0.2) is 0 Å². The molecule has 4 rings (SSSR count). The van der Waals surface area contributed by atoms with Crippen LogP contribution in [-0.2, 0) is 6.54 Å². The minimum Gasteiger partial charge on any atom is -0.338 e. The molecule has 2 aromatic heterocycles. The van der Waals surface area contributed by atoms with Gasteiger partial charge in [-0.05, 0) is 46.1 Å². The molecule has 8 heteroatoms. The molecule has 2 aliphatic heterocycles. The number of aryl methyl sites for hydroxylation is 3. The lowest BCUT2D eigenvalue weighted by atomic mass is 9.94. The molecule has 2 aliphatic rings. The van der Waals surface area contributed by atoms with Crippen molar-refractivity contribution in [2.24, 2.45) is 0 Å².